The molecule has 1 amide bonds. The lowest BCUT2D eigenvalue weighted by Crippen LogP contribution is -2.36. The summed E-state index contributed by atoms with van der Waals surface area (Å²) in [4.78, 5) is 18.1. The predicted octanol–water partition coefficient (Wildman–Crippen LogP) is 0.984. The first-order valence-electron chi connectivity index (χ1n) is 6.81. The first-order chi connectivity index (χ1) is 9.74. The lowest BCUT2D eigenvalue weighted by Gasteiger charge is -2.22. The molecule has 1 rings (SSSR count). The zero-order valence-corrected chi connectivity index (χ0v) is 12.1. The molecule has 6 nitrogen and oxygen atoms in total. The van der Waals surface area contributed by atoms with Gasteiger partial charge in [0.15, 0.2) is 0 Å². The number of aliphatic hydroxyl groups excluding tert-OH is 1. The number of amides is 1. The summed E-state index contributed by atoms with van der Waals surface area (Å²) in [6, 6.07) is 1.79. The normalized spacial score (nSPS) is 10.3. The molecule has 6 heteroatoms. The Kier molecular flexibility index (Phi) is 7.60. The Bertz CT molecular complexity index is 412. The predicted molar refractivity (Wildman–Crippen MR) is 77.9 cm³/mol. The van der Waals surface area contributed by atoms with Crippen molar-refractivity contribution < 1.29 is 14.6 Å². The number of hydrogen-bond acceptors (Lipinski definition) is 5. The van der Waals surface area contributed by atoms with E-state index in [9.17, 15) is 4.79 Å². The van der Waals surface area contributed by atoms with Gasteiger partial charge >= 0.3 is 0 Å². The van der Waals surface area contributed by atoms with Gasteiger partial charge in [0.2, 0.25) is 0 Å². The summed E-state index contributed by atoms with van der Waals surface area (Å²) in [5, 5.41) is 12.3. The fourth-order valence-corrected chi connectivity index (χ4v) is 1.79. The van der Waals surface area contributed by atoms with E-state index in [1.54, 1.807) is 30.5 Å². The van der Waals surface area contributed by atoms with Crippen LogP contribution in [0.1, 0.15) is 23.7 Å². The number of carbonyl (C=O) groups is 1. The Morgan fingerprint density at radius 3 is 2.95 bits per heavy atom. The Morgan fingerprint density at radius 1 is 1.50 bits per heavy atom. The van der Waals surface area contributed by atoms with Crippen molar-refractivity contribution in [3.63, 3.8) is 0 Å². The first-order valence-corrected chi connectivity index (χ1v) is 6.81. The Hall–Kier alpha value is -1.66. The molecule has 1 aromatic rings. The highest BCUT2D eigenvalue weighted by atomic mass is 16.5. The van der Waals surface area contributed by atoms with Crippen molar-refractivity contribution in [1.29, 1.82) is 0 Å². The highest BCUT2D eigenvalue weighted by Crippen LogP contribution is 2.16. The average Bonchev–Trinajstić information content (AvgIpc) is 2.49. The van der Waals surface area contributed by atoms with Gasteiger partial charge in [-0.2, -0.15) is 0 Å². The van der Waals surface area contributed by atoms with Crippen LogP contribution in [0.5, 0.6) is 0 Å². The van der Waals surface area contributed by atoms with Crippen LogP contribution < -0.4 is 5.32 Å². The highest BCUT2D eigenvalue weighted by Gasteiger charge is 2.18. The number of pyridine rings is 1. The smallest absolute Gasteiger partial charge is 0.257 e. The zero-order chi connectivity index (χ0) is 14.8. The number of nitrogens with one attached hydrogen (secondary N) is 1. The fourth-order valence-electron chi connectivity index (χ4n) is 1.79. The minimum Gasteiger partial charge on any atom is -0.395 e. The summed E-state index contributed by atoms with van der Waals surface area (Å²) >= 11 is 0. The minimum absolute atomic E-state index is 0.0760. The van der Waals surface area contributed by atoms with E-state index in [1.165, 1.54) is 0 Å². The molecule has 20 heavy (non-hydrogen) atoms. The number of methoxy groups -OCH3 is 1. The van der Waals surface area contributed by atoms with Crippen LogP contribution in [0.15, 0.2) is 18.5 Å². The summed E-state index contributed by atoms with van der Waals surface area (Å²) in [6.07, 6.45) is 4.18. The second-order valence-corrected chi connectivity index (χ2v) is 4.36. The molecule has 0 aliphatic heterocycles. The van der Waals surface area contributed by atoms with E-state index in [2.05, 4.69) is 17.2 Å². The molecule has 0 aromatic carbocycles. The van der Waals surface area contributed by atoms with Crippen molar-refractivity contribution in [2.75, 3.05) is 45.3 Å². The number of carbonyl (C=O) groups excluding carboxylic acids is 1. The van der Waals surface area contributed by atoms with E-state index in [0.717, 1.165) is 18.7 Å². The molecule has 2 N–H and O–H groups in total. The molecule has 0 unspecified atom stereocenters. The molecule has 0 saturated carbocycles. The fraction of sp³-hybridized carbons (Fsp3) is 0.571. The molecule has 1 aromatic heterocycles. The Labute approximate surface area is 119 Å². The largest absolute Gasteiger partial charge is 0.395 e. The zero-order valence-electron chi connectivity index (χ0n) is 12.1. The summed E-state index contributed by atoms with van der Waals surface area (Å²) in [5.74, 6) is -0.150. The van der Waals surface area contributed by atoms with Crippen molar-refractivity contribution in [2.24, 2.45) is 0 Å². The van der Waals surface area contributed by atoms with Gasteiger partial charge in [0, 0.05) is 39.1 Å². The molecule has 0 atom stereocenters. The molecular formula is C14H23N3O3. The maximum atomic E-state index is 12.5. The molecule has 0 saturated heterocycles. The van der Waals surface area contributed by atoms with Crippen molar-refractivity contribution in [1.82, 2.24) is 9.88 Å². The topological polar surface area (TPSA) is 74.7 Å². The van der Waals surface area contributed by atoms with Crippen LogP contribution in [-0.2, 0) is 4.74 Å². The van der Waals surface area contributed by atoms with Crippen LogP contribution >= 0.6 is 0 Å². The molecule has 0 aliphatic carbocycles. The Morgan fingerprint density at radius 2 is 2.30 bits per heavy atom. The standard InChI is InChI=1S/C14H23N3O3/c1-3-5-16-13-4-6-15-11-12(13)14(19)17(7-9-18)8-10-20-2/h4,6,11,18H,3,5,7-10H2,1-2H3,(H,15,16). The Balaban J connectivity index is 2.86. The van der Waals surface area contributed by atoms with E-state index >= 15 is 0 Å². The van der Waals surface area contributed by atoms with E-state index in [-0.39, 0.29) is 19.1 Å². The van der Waals surface area contributed by atoms with Crippen LogP contribution in [0.3, 0.4) is 0 Å². The van der Waals surface area contributed by atoms with Crippen LogP contribution in [0.2, 0.25) is 0 Å². The van der Waals surface area contributed by atoms with Gasteiger partial charge in [-0.3, -0.25) is 9.78 Å². The number of rotatable bonds is 9. The lowest BCUT2D eigenvalue weighted by atomic mass is 10.2. The number of aromatic nitrogens is 1. The van der Waals surface area contributed by atoms with Gasteiger partial charge in [-0.15, -0.1) is 0 Å². The maximum absolute atomic E-state index is 12.5. The second kappa shape index (κ2) is 9.28. The molecule has 0 spiro atoms. The molecule has 0 radical (unpaired) electrons. The first kappa shape index (κ1) is 16.4. The van der Waals surface area contributed by atoms with E-state index in [4.69, 9.17) is 9.84 Å². The van der Waals surface area contributed by atoms with Gasteiger partial charge < -0.3 is 20.1 Å². The molecule has 1 heterocycles. The van der Waals surface area contributed by atoms with Crippen LogP contribution in [0, 0.1) is 0 Å². The molecule has 112 valence electrons. The molecular weight excluding hydrogens is 258 g/mol. The van der Waals surface area contributed by atoms with Crippen molar-refractivity contribution in [3.8, 4) is 0 Å². The van der Waals surface area contributed by atoms with Crippen molar-refractivity contribution >= 4 is 11.6 Å². The maximum Gasteiger partial charge on any atom is 0.257 e. The van der Waals surface area contributed by atoms with Gasteiger partial charge in [0.25, 0.3) is 5.91 Å². The highest BCUT2D eigenvalue weighted by molar-refractivity contribution is 5.99. The summed E-state index contributed by atoms with van der Waals surface area (Å²) < 4.78 is 4.99. The third kappa shape index (κ3) is 4.79. The number of hydrogen-bond donors (Lipinski definition) is 2. The molecule has 0 fully saturated rings. The minimum atomic E-state index is -0.150. The SMILES string of the molecule is CCCNc1ccncc1C(=O)N(CCO)CCOC. The second-order valence-electron chi connectivity index (χ2n) is 4.36. The summed E-state index contributed by atoms with van der Waals surface area (Å²) in [7, 11) is 1.58. The number of nitrogens with zero attached hydrogens (tertiary/aromatic N) is 2. The molecule has 0 aliphatic rings. The van der Waals surface area contributed by atoms with Crippen molar-refractivity contribution in [3.05, 3.63) is 24.0 Å². The van der Waals surface area contributed by atoms with Gasteiger partial charge in [-0.05, 0) is 12.5 Å². The number of aliphatic hydroxyl groups is 1. The van der Waals surface area contributed by atoms with Crippen LogP contribution in [0.4, 0.5) is 5.69 Å². The molecule has 0 bridgehead atoms. The number of ether oxygens (including phenoxy) is 1. The average molecular weight is 281 g/mol. The third-order valence-corrected chi connectivity index (χ3v) is 2.84. The van der Waals surface area contributed by atoms with E-state index < -0.39 is 0 Å². The van der Waals surface area contributed by atoms with Crippen LogP contribution in [-0.4, -0.2) is 60.9 Å². The van der Waals surface area contributed by atoms with Gasteiger partial charge in [0.1, 0.15) is 0 Å². The van der Waals surface area contributed by atoms with Gasteiger partial charge in [0.05, 0.1) is 24.5 Å². The van der Waals surface area contributed by atoms with Gasteiger partial charge in [-0.25, -0.2) is 0 Å². The lowest BCUT2D eigenvalue weighted by molar-refractivity contribution is 0.0657. The number of anilines is 1. The van der Waals surface area contributed by atoms with Crippen LogP contribution in [0.25, 0.3) is 0 Å². The summed E-state index contributed by atoms with van der Waals surface area (Å²) in [6.45, 7) is 3.94. The third-order valence-electron chi connectivity index (χ3n) is 2.84. The quantitative estimate of drug-likeness (QED) is 0.706. The monoisotopic (exact) mass is 281 g/mol. The van der Waals surface area contributed by atoms with E-state index in [1.807, 2.05) is 0 Å². The summed E-state index contributed by atoms with van der Waals surface area (Å²) in [5.41, 5.74) is 1.29. The van der Waals surface area contributed by atoms with Crippen molar-refractivity contribution in [2.45, 2.75) is 13.3 Å². The van der Waals surface area contributed by atoms with E-state index in [0.29, 0.717) is 18.7 Å². The van der Waals surface area contributed by atoms with Gasteiger partial charge in [-0.1, -0.05) is 6.92 Å².